The first-order valence-corrected chi connectivity index (χ1v) is 11.0. The fourth-order valence-corrected chi connectivity index (χ4v) is 3.82. The molecule has 4 rings (SSSR count). The highest BCUT2D eigenvalue weighted by Crippen LogP contribution is 2.30. The SMILES string of the molecule is CC(O)C(NCCCN1CCOCC1)Oc1cc(-c2ccccc2)nc2ccccc12. The van der Waals surface area contributed by atoms with Gasteiger partial charge in [-0.3, -0.25) is 10.2 Å². The number of hydrogen-bond donors (Lipinski definition) is 2. The summed E-state index contributed by atoms with van der Waals surface area (Å²) < 4.78 is 11.7. The molecular weight excluding hydrogens is 390 g/mol. The molecule has 0 radical (unpaired) electrons. The molecule has 2 heterocycles. The Kier molecular flexibility index (Phi) is 7.48. The van der Waals surface area contributed by atoms with Crippen LogP contribution in [0.25, 0.3) is 22.2 Å². The van der Waals surface area contributed by atoms with Crippen molar-refractivity contribution in [2.75, 3.05) is 39.4 Å². The highest BCUT2D eigenvalue weighted by molar-refractivity contribution is 5.87. The van der Waals surface area contributed by atoms with Crippen LogP contribution in [0.3, 0.4) is 0 Å². The van der Waals surface area contributed by atoms with Crippen molar-refractivity contribution in [3.05, 3.63) is 60.7 Å². The molecule has 2 atom stereocenters. The van der Waals surface area contributed by atoms with E-state index < -0.39 is 12.3 Å². The van der Waals surface area contributed by atoms with Crippen LogP contribution in [0.4, 0.5) is 0 Å². The summed E-state index contributed by atoms with van der Waals surface area (Å²) >= 11 is 0. The Morgan fingerprint density at radius 1 is 1.10 bits per heavy atom. The van der Waals surface area contributed by atoms with E-state index in [4.69, 9.17) is 14.5 Å². The van der Waals surface area contributed by atoms with E-state index >= 15 is 0 Å². The average Bonchev–Trinajstić information content (AvgIpc) is 2.82. The Labute approximate surface area is 183 Å². The third-order valence-corrected chi connectivity index (χ3v) is 5.54. The van der Waals surface area contributed by atoms with E-state index in [0.29, 0.717) is 0 Å². The molecule has 2 unspecified atom stereocenters. The topological polar surface area (TPSA) is 66.9 Å². The maximum absolute atomic E-state index is 10.3. The summed E-state index contributed by atoms with van der Waals surface area (Å²) in [5.74, 6) is 0.719. The lowest BCUT2D eigenvalue weighted by atomic mass is 10.1. The number of fused-ring (bicyclic) bond motifs is 1. The normalized spacial score (nSPS) is 16.8. The molecule has 0 bridgehead atoms. The molecule has 2 aromatic carbocycles. The molecule has 1 aliphatic heterocycles. The van der Waals surface area contributed by atoms with Crippen LogP contribution in [0, 0.1) is 0 Å². The second-order valence-electron chi connectivity index (χ2n) is 7.93. The lowest BCUT2D eigenvalue weighted by Gasteiger charge is -2.27. The van der Waals surface area contributed by atoms with Crippen molar-refractivity contribution in [3.8, 4) is 17.0 Å². The third kappa shape index (κ3) is 5.80. The number of para-hydroxylation sites is 1. The van der Waals surface area contributed by atoms with Crippen LogP contribution in [0.1, 0.15) is 13.3 Å². The number of ether oxygens (including phenoxy) is 2. The maximum Gasteiger partial charge on any atom is 0.176 e. The summed E-state index contributed by atoms with van der Waals surface area (Å²) in [6, 6.07) is 20.0. The molecule has 31 heavy (non-hydrogen) atoms. The summed E-state index contributed by atoms with van der Waals surface area (Å²) in [6.45, 7) is 7.13. The van der Waals surface area contributed by atoms with E-state index in [0.717, 1.165) is 73.7 Å². The lowest BCUT2D eigenvalue weighted by molar-refractivity contribution is 0.0236. The van der Waals surface area contributed by atoms with Crippen LogP contribution in [0.15, 0.2) is 60.7 Å². The van der Waals surface area contributed by atoms with Crippen LogP contribution in [-0.2, 0) is 4.74 Å². The van der Waals surface area contributed by atoms with E-state index in [1.54, 1.807) is 6.92 Å². The molecule has 1 aliphatic rings. The zero-order valence-electron chi connectivity index (χ0n) is 18.0. The number of benzene rings is 2. The number of hydrogen-bond acceptors (Lipinski definition) is 6. The monoisotopic (exact) mass is 421 g/mol. The molecule has 0 saturated carbocycles. The van der Waals surface area contributed by atoms with Crippen LogP contribution in [-0.4, -0.2) is 66.7 Å². The minimum absolute atomic E-state index is 0.501. The number of aliphatic hydroxyl groups excluding tert-OH is 1. The minimum atomic E-state index is -0.657. The number of pyridine rings is 1. The maximum atomic E-state index is 10.3. The number of nitrogens with zero attached hydrogens (tertiary/aromatic N) is 2. The predicted molar refractivity (Wildman–Crippen MR) is 123 cm³/mol. The van der Waals surface area contributed by atoms with Gasteiger partial charge in [-0.1, -0.05) is 42.5 Å². The zero-order valence-corrected chi connectivity index (χ0v) is 18.0. The van der Waals surface area contributed by atoms with Crippen LogP contribution >= 0.6 is 0 Å². The smallest absolute Gasteiger partial charge is 0.176 e. The molecule has 0 spiro atoms. The van der Waals surface area contributed by atoms with E-state index in [9.17, 15) is 5.11 Å². The number of morpholine rings is 1. The summed E-state index contributed by atoms with van der Waals surface area (Å²) in [5.41, 5.74) is 2.76. The lowest BCUT2D eigenvalue weighted by Crippen LogP contribution is -2.44. The Hall–Kier alpha value is -2.51. The van der Waals surface area contributed by atoms with Gasteiger partial charge in [0.1, 0.15) is 11.9 Å². The Morgan fingerprint density at radius 3 is 2.61 bits per heavy atom. The van der Waals surface area contributed by atoms with Gasteiger partial charge in [-0.15, -0.1) is 0 Å². The Bertz CT molecular complexity index is 959. The van der Waals surface area contributed by atoms with Crippen LogP contribution in [0.2, 0.25) is 0 Å². The minimum Gasteiger partial charge on any atom is -0.472 e. The van der Waals surface area contributed by atoms with E-state index in [2.05, 4.69) is 10.2 Å². The third-order valence-electron chi connectivity index (χ3n) is 5.54. The summed E-state index contributed by atoms with van der Waals surface area (Å²) in [7, 11) is 0. The average molecular weight is 422 g/mol. The van der Waals surface area contributed by atoms with Crippen molar-refractivity contribution in [3.63, 3.8) is 0 Å². The highest BCUT2D eigenvalue weighted by atomic mass is 16.5. The quantitative estimate of drug-likeness (QED) is 0.408. The predicted octanol–water partition coefficient (Wildman–Crippen LogP) is 3.30. The number of rotatable bonds is 9. The summed E-state index contributed by atoms with van der Waals surface area (Å²) in [6.07, 6.45) is -0.173. The fourth-order valence-electron chi connectivity index (χ4n) is 3.82. The number of aliphatic hydroxyl groups is 1. The van der Waals surface area contributed by atoms with Gasteiger partial charge in [0.2, 0.25) is 0 Å². The summed E-state index contributed by atoms with van der Waals surface area (Å²) in [5, 5.41) is 14.7. The zero-order chi connectivity index (χ0) is 21.5. The Balaban J connectivity index is 1.47. The molecule has 3 aromatic rings. The van der Waals surface area contributed by atoms with Gasteiger partial charge < -0.3 is 14.6 Å². The van der Waals surface area contributed by atoms with Crippen LogP contribution < -0.4 is 10.1 Å². The van der Waals surface area contributed by atoms with Crippen molar-refractivity contribution in [1.29, 1.82) is 0 Å². The molecule has 164 valence electrons. The number of aromatic nitrogens is 1. The van der Waals surface area contributed by atoms with E-state index in [1.165, 1.54) is 0 Å². The first-order valence-electron chi connectivity index (χ1n) is 11.0. The second-order valence-corrected chi connectivity index (χ2v) is 7.93. The molecule has 6 nitrogen and oxygen atoms in total. The van der Waals surface area contributed by atoms with Gasteiger partial charge in [-0.2, -0.15) is 0 Å². The molecule has 0 amide bonds. The Morgan fingerprint density at radius 2 is 1.84 bits per heavy atom. The first-order chi connectivity index (χ1) is 15.2. The van der Waals surface area contributed by atoms with Gasteiger partial charge in [0.05, 0.1) is 24.4 Å². The van der Waals surface area contributed by atoms with Crippen molar-refractivity contribution in [2.24, 2.45) is 0 Å². The molecule has 0 aliphatic carbocycles. The molecule has 1 aromatic heterocycles. The molecule has 1 fully saturated rings. The second kappa shape index (κ2) is 10.7. The van der Waals surface area contributed by atoms with Crippen molar-refractivity contribution in [2.45, 2.75) is 25.7 Å². The van der Waals surface area contributed by atoms with Gasteiger partial charge in [0.15, 0.2) is 6.23 Å². The largest absolute Gasteiger partial charge is 0.472 e. The van der Waals surface area contributed by atoms with Gasteiger partial charge in [0, 0.05) is 30.1 Å². The van der Waals surface area contributed by atoms with Gasteiger partial charge in [0.25, 0.3) is 0 Å². The molecule has 1 saturated heterocycles. The highest BCUT2D eigenvalue weighted by Gasteiger charge is 2.19. The van der Waals surface area contributed by atoms with Crippen molar-refractivity contribution < 1.29 is 14.6 Å². The van der Waals surface area contributed by atoms with Gasteiger partial charge in [-0.05, 0) is 38.6 Å². The van der Waals surface area contributed by atoms with Crippen LogP contribution in [0.5, 0.6) is 5.75 Å². The van der Waals surface area contributed by atoms with E-state index in [-0.39, 0.29) is 0 Å². The summed E-state index contributed by atoms with van der Waals surface area (Å²) in [4.78, 5) is 7.22. The standard InChI is InChI=1S/C25H31N3O3/c1-19(29)25(26-12-7-13-28-14-16-30-17-15-28)31-24-18-23(20-8-3-2-4-9-20)27-22-11-6-5-10-21(22)24/h2-6,8-11,18-19,25-26,29H,7,12-17H2,1H3. The number of nitrogens with one attached hydrogen (secondary N) is 1. The van der Waals surface area contributed by atoms with Crippen molar-refractivity contribution >= 4 is 10.9 Å². The first kappa shape index (κ1) is 21.7. The van der Waals surface area contributed by atoms with Gasteiger partial charge in [-0.25, -0.2) is 4.98 Å². The van der Waals surface area contributed by atoms with E-state index in [1.807, 2.05) is 60.7 Å². The molecule has 6 heteroatoms. The molecular formula is C25H31N3O3. The fraction of sp³-hybridized carbons (Fsp3) is 0.400. The van der Waals surface area contributed by atoms with Crippen molar-refractivity contribution in [1.82, 2.24) is 15.2 Å². The molecule has 2 N–H and O–H groups in total. The van der Waals surface area contributed by atoms with Gasteiger partial charge >= 0.3 is 0 Å².